The number of imide groups is 1. The zero-order valence-corrected chi connectivity index (χ0v) is 26.9. The molecule has 1 fully saturated rings. The highest BCUT2D eigenvalue weighted by Gasteiger charge is 2.57. The lowest BCUT2D eigenvalue weighted by Gasteiger charge is -2.42. The average Bonchev–Trinajstić information content (AvgIpc) is 3.62. The van der Waals surface area contributed by atoms with Crippen LogP contribution >= 0.6 is 15.9 Å². The molecule has 47 heavy (non-hydrogen) atoms. The lowest BCUT2D eigenvalue weighted by molar-refractivity contribution is -0.123. The number of carbonyl (C=O) groups is 4. The van der Waals surface area contributed by atoms with Crippen LogP contribution in [0.5, 0.6) is 11.5 Å². The van der Waals surface area contributed by atoms with Crippen LogP contribution in [0, 0.1) is 17.8 Å². The average molecular weight is 692 g/mol. The van der Waals surface area contributed by atoms with Gasteiger partial charge in [0.25, 0.3) is 0 Å². The molecule has 2 amide bonds. The van der Waals surface area contributed by atoms with E-state index in [0.29, 0.717) is 49.5 Å². The van der Waals surface area contributed by atoms with Gasteiger partial charge in [0.1, 0.15) is 5.52 Å². The Labute approximate surface area is 277 Å². The molecule has 3 aliphatic carbocycles. The summed E-state index contributed by atoms with van der Waals surface area (Å²) in [4.78, 5) is 61.2. The fourth-order valence-corrected chi connectivity index (χ4v) is 8.17. The Hall–Kier alpha value is -5.09. The van der Waals surface area contributed by atoms with Crippen molar-refractivity contribution >= 4 is 56.1 Å². The minimum Gasteiger partial charge on any atom is -0.504 e. The van der Waals surface area contributed by atoms with Crippen molar-refractivity contribution in [3.05, 3.63) is 105 Å². The standard InChI is InChI=1S/C37H27BrN2O7/c1-17-13-27(41)32-25(33(17)42)16-23-21(30(32)24-14-19(38)15-29(46-2)34(24)43)11-12-22-31(23)37(45)40(36(22)44)20-9-7-18(8-10-20)35-39-26-5-3-4-6-28(26)47-35/h3-11,13-15,22-23,30-31,43H,12,16H2,1-2H3. The normalized spacial score (nSPS) is 23.9. The maximum atomic E-state index is 14.3. The molecule has 4 atom stereocenters. The maximum absolute atomic E-state index is 14.3. The molecule has 9 nitrogen and oxygen atoms in total. The molecule has 1 saturated heterocycles. The molecule has 10 heteroatoms. The quantitative estimate of drug-likeness (QED) is 0.144. The van der Waals surface area contributed by atoms with Crippen molar-refractivity contribution < 1.29 is 33.4 Å². The van der Waals surface area contributed by atoms with Gasteiger partial charge in [0.15, 0.2) is 28.6 Å². The van der Waals surface area contributed by atoms with Crippen molar-refractivity contribution in [3.8, 4) is 23.0 Å². The Balaban J connectivity index is 1.18. The number of amides is 2. The lowest BCUT2D eigenvalue weighted by Crippen LogP contribution is -2.39. The molecule has 2 heterocycles. The number of phenolic OH excluding ortho intramolecular Hbond substituents is 1. The highest BCUT2D eigenvalue weighted by molar-refractivity contribution is 9.10. The van der Waals surface area contributed by atoms with Crippen molar-refractivity contribution in [2.75, 3.05) is 12.0 Å². The Bertz CT molecular complexity index is 2140. The summed E-state index contributed by atoms with van der Waals surface area (Å²) >= 11 is 3.49. The molecule has 0 radical (unpaired) electrons. The number of rotatable bonds is 4. The number of hydrogen-bond donors (Lipinski definition) is 1. The van der Waals surface area contributed by atoms with Gasteiger partial charge >= 0.3 is 0 Å². The number of aromatic nitrogens is 1. The smallest absolute Gasteiger partial charge is 0.238 e. The maximum Gasteiger partial charge on any atom is 0.238 e. The number of aromatic hydroxyl groups is 1. The van der Waals surface area contributed by atoms with Crippen LogP contribution in [-0.4, -0.2) is 40.6 Å². The summed E-state index contributed by atoms with van der Waals surface area (Å²) in [5.74, 6) is -3.48. The third-order valence-electron chi connectivity index (χ3n) is 9.83. The number of ketones is 2. The number of anilines is 1. The van der Waals surface area contributed by atoms with E-state index >= 15 is 0 Å². The lowest BCUT2D eigenvalue weighted by atomic mass is 9.59. The summed E-state index contributed by atoms with van der Waals surface area (Å²) < 4.78 is 11.9. The number of benzene rings is 3. The molecule has 0 saturated carbocycles. The van der Waals surface area contributed by atoms with E-state index in [2.05, 4.69) is 20.9 Å². The fourth-order valence-electron chi connectivity index (χ4n) is 7.71. The molecule has 8 rings (SSSR count). The number of para-hydroxylation sites is 2. The summed E-state index contributed by atoms with van der Waals surface area (Å²) in [6, 6.07) is 17.7. The number of fused-ring (bicyclic) bond motifs is 4. The fraction of sp³-hybridized carbons (Fsp3) is 0.216. The second-order valence-electron chi connectivity index (χ2n) is 12.3. The first-order chi connectivity index (χ1) is 22.7. The van der Waals surface area contributed by atoms with Gasteiger partial charge in [-0.25, -0.2) is 4.98 Å². The van der Waals surface area contributed by atoms with E-state index in [1.165, 1.54) is 18.1 Å². The second kappa shape index (κ2) is 10.7. The predicted molar refractivity (Wildman–Crippen MR) is 176 cm³/mol. The molecule has 1 aromatic heterocycles. The zero-order chi connectivity index (χ0) is 32.7. The molecule has 4 aliphatic rings. The van der Waals surface area contributed by atoms with E-state index < -0.39 is 23.7 Å². The third kappa shape index (κ3) is 4.38. The minimum atomic E-state index is -0.801. The Morgan fingerprint density at radius 3 is 2.51 bits per heavy atom. The third-order valence-corrected chi connectivity index (χ3v) is 10.3. The number of oxazole rings is 1. The molecule has 0 bridgehead atoms. The molecule has 3 aromatic carbocycles. The van der Waals surface area contributed by atoms with Gasteiger partial charge in [-0.2, -0.15) is 0 Å². The molecule has 0 spiro atoms. The summed E-state index contributed by atoms with van der Waals surface area (Å²) in [5.41, 5.74) is 4.58. The molecular weight excluding hydrogens is 664 g/mol. The number of carbonyl (C=O) groups excluding carboxylic acids is 4. The van der Waals surface area contributed by atoms with E-state index in [9.17, 15) is 24.3 Å². The SMILES string of the molecule is COc1cc(Br)cc(C2C3=CCC4C(=O)N(c5ccc(-c6nc7ccccc7o6)cc5)C(=O)C4C3CC3=C2C(=O)C=C(C)C3=O)c1O. The highest BCUT2D eigenvalue weighted by atomic mass is 79.9. The molecule has 1 aliphatic heterocycles. The van der Waals surface area contributed by atoms with Gasteiger partial charge in [0, 0.05) is 38.2 Å². The molecule has 234 valence electrons. The number of phenols is 1. The van der Waals surface area contributed by atoms with Crippen LogP contribution in [-0.2, 0) is 19.2 Å². The number of nitrogens with zero attached hydrogens (tertiary/aromatic N) is 2. The van der Waals surface area contributed by atoms with Crippen LogP contribution < -0.4 is 9.64 Å². The molecule has 1 N–H and O–H groups in total. The number of methoxy groups -OCH3 is 1. The van der Waals surface area contributed by atoms with Crippen molar-refractivity contribution in [1.29, 1.82) is 0 Å². The largest absolute Gasteiger partial charge is 0.504 e. The first-order valence-corrected chi connectivity index (χ1v) is 16.1. The monoisotopic (exact) mass is 690 g/mol. The summed E-state index contributed by atoms with van der Waals surface area (Å²) in [6.45, 7) is 1.60. The van der Waals surface area contributed by atoms with Crippen LogP contribution in [0.4, 0.5) is 5.69 Å². The minimum absolute atomic E-state index is 0.143. The first kappa shape index (κ1) is 29.3. The van der Waals surface area contributed by atoms with Crippen molar-refractivity contribution in [3.63, 3.8) is 0 Å². The second-order valence-corrected chi connectivity index (χ2v) is 13.2. The van der Waals surface area contributed by atoms with E-state index in [0.717, 1.165) is 11.1 Å². The van der Waals surface area contributed by atoms with Crippen molar-refractivity contribution in [2.24, 2.45) is 17.8 Å². The van der Waals surface area contributed by atoms with Crippen LogP contribution in [0.1, 0.15) is 31.2 Å². The zero-order valence-electron chi connectivity index (χ0n) is 25.3. The first-order valence-electron chi connectivity index (χ1n) is 15.3. The van der Waals surface area contributed by atoms with Crippen LogP contribution in [0.15, 0.2) is 104 Å². The molecule has 4 aromatic rings. The van der Waals surface area contributed by atoms with E-state index in [1.807, 2.05) is 30.3 Å². The van der Waals surface area contributed by atoms with Crippen LogP contribution in [0.3, 0.4) is 0 Å². The van der Waals surface area contributed by atoms with Gasteiger partial charge in [0.2, 0.25) is 17.7 Å². The summed E-state index contributed by atoms with van der Waals surface area (Å²) in [6.07, 6.45) is 3.68. The van der Waals surface area contributed by atoms with Gasteiger partial charge in [-0.05, 0) is 80.3 Å². The van der Waals surface area contributed by atoms with E-state index in [-0.39, 0.29) is 47.7 Å². The highest BCUT2D eigenvalue weighted by Crippen LogP contribution is 2.57. The van der Waals surface area contributed by atoms with Gasteiger partial charge < -0.3 is 14.3 Å². The number of Topliss-reactive ketones (excluding diaryl/α,β-unsaturated/α-hetero) is 1. The summed E-state index contributed by atoms with van der Waals surface area (Å²) in [7, 11) is 1.43. The number of halogens is 1. The number of ether oxygens (including phenoxy) is 1. The van der Waals surface area contributed by atoms with E-state index in [4.69, 9.17) is 9.15 Å². The van der Waals surface area contributed by atoms with Gasteiger partial charge in [-0.15, -0.1) is 0 Å². The predicted octanol–water partition coefficient (Wildman–Crippen LogP) is 6.61. The Morgan fingerprint density at radius 2 is 1.77 bits per heavy atom. The van der Waals surface area contributed by atoms with Crippen molar-refractivity contribution in [1.82, 2.24) is 4.98 Å². The molecule has 4 unspecified atom stereocenters. The van der Waals surface area contributed by atoms with Gasteiger partial charge in [-0.3, -0.25) is 24.1 Å². The topological polar surface area (TPSA) is 127 Å². The number of hydrogen-bond acceptors (Lipinski definition) is 8. The van der Waals surface area contributed by atoms with Gasteiger partial charge in [-0.1, -0.05) is 39.7 Å². The van der Waals surface area contributed by atoms with Crippen molar-refractivity contribution in [2.45, 2.75) is 25.7 Å². The summed E-state index contributed by atoms with van der Waals surface area (Å²) in [5, 5.41) is 11.3. The molecular formula is C37H27BrN2O7. The number of allylic oxidation sites excluding steroid dienone is 6. The van der Waals surface area contributed by atoms with Crippen LogP contribution in [0.25, 0.3) is 22.6 Å². The van der Waals surface area contributed by atoms with Gasteiger partial charge in [0.05, 0.1) is 24.6 Å². The van der Waals surface area contributed by atoms with E-state index in [1.54, 1.807) is 43.3 Å². The van der Waals surface area contributed by atoms with Crippen LogP contribution in [0.2, 0.25) is 0 Å². The Kier molecular flexibility index (Phi) is 6.70. The Morgan fingerprint density at radius 1 is 1.00 bits per heavy atom.